The summed E-state index contributed by atoms with van der Waals surface area (Å²) in [5, 5.41) is 10.2. The van der Waals surface area contributed by atoms with Crippen molar-refractivity contribution in [2.45, 2.75) is 13.5 Å². The molecule has 0 spiro atoms. The van der Waals surface area contributed by atoms with Crippen LogP contribution in [0.15, 0.2) is 58.6 Å². The number of rotatable bonds is 6. The molecule has 1 aromatic heterocycles. The predicted octanol–water partition coefficient (Wildman–Crippen LogP) is 3.08. The number of hydrogen-bond acceptors (Lipinski definition) is 6. The fourth-order valence-electron chi connectivity index (χ4n) is 2.31. The molecule has 0 bridgehead atoms. The van der Waals surface area contributed by atoms with Crippen LogP contribution in [-0.2, 0) is 6.61 Å². The van der Waals surface area contributed by atoms with Crippen LogP contribution in [0.4, 0.5) is 0 Å². The molecular formula is C19H18N4O3S. The minimum Gasteiger partial charge on any atom is -0.493 e. The number of hydrogen-bond donors (Lipinski definition) is 1. The Kier molecular flexibility index (Phi) is 5.77. The molecule has 8 heteroatoms. The maximum Gasteiger partial charge on any atom is 0.293 e. The molecule has 3 aromatic rings. The van der Waals surface area contributed by atoms with Gasteiger partial charge in [0, 0.05) is 0 Å². The van der Waals surface area contributed by atoms with Crippen LogP contribution < -0.4 is 15.0 Å². The molecule has 0 radical (unpaired) electrons. The van der Waals surface area contributed by atoms with Crippen LogP contribution in [0.2, 0.25) is 0 Å². The molecule has 138 valence electrons. The van der Waals surface area contributed by atoms with Crippen molar-refractivity contribution in [3.05, 3.63) is 80.5 Å². The molecule has 27 heavy (non-hydrogen) atoms. The number of aromatic nitrogens is 3. The van der Waals surface area contributed by atoms with Gasteiger partial charge in [-0.2, -0.15) is 14.9 Å². The highest BCUT2D eigenvalue weighted by Crippen LogP contribution is 2.28. The second-order valence-corrected chi connectivity index (χ2v) is 6.14. The van der Waals surface area contributed by atoms with Crippen molar-refractivity contribution in [2.24, 2.45) is 5.10 Å². The lowest BCUT2D eigenvalue weighted by atomic mass is 10.2. The third-order valence-electron chi connectivity index (χ3n) is 3.76. The topological polar surface area (TPSA) is 81.5 Å². The Labute approximate surface area is 160 Å². The number of aryl methyl sites for hydroxylation is 1. The molecule has 0 atom stereocenters. The first-order valence-electron chi connectivity index (χ1n) is 8.14. The summed E-state index contributed by atoms with van der Waals surface area (Å²) in [6.07, 6.45) is 2.62. The van der Waals surface area contributed by atoms with Crippen LogP contribution in [-0.4, -0.2) is 28.2 Å². The standard InChI is InChI=1S/C19H18N4O3S/c1-13-3-5-14(6-4-13)12-26-16-8-7-15(9-17(16)25-2)10-21-23-18(24)11-20-22-19(23)27/h3-11H,12H2,1-2H3,(H,22,27)/b21-10-. The highest BCUT2D eigenvalue weighted by molar-refractivity contribution is 7.71. The van der Waals surface area contributed by atoms with E-state index < -0.39 is 5.56 Å². The highest BCUT2D eigenvalue weighted by atomic mass is 32.1. The smallest absolute Gasteiger partial charge is 0.293 e. The van der Waals surface area contributed by atoms with Crippen LogP contribution in [0.25, 0.3) is 0 Å². The Morgan fingerprint density at radius 2 is 2.00 bits per heavy atom. The van der Waals surface area contributed by atoms with Crippen molar-refractivity contribution < 1.29 is 9.47 Å². The molecule has 0 saturated heterocycles. The summed E-state index contributed by atoms with van der Waals surface area (Å²) in [7, 11) is 1.57. The molecule has 1 N–H and O–H groups in total. The van der Waals surface area contributed by atoms with E-state index in [4.69, 9.17) is 21.7 Å². The van der Waals surface area contributed by atoms with Crippen molar-refractivity contribution in [1.82, 2.24) is 14.9 Å². The maximum absolute atomic E-state index is 11.7. The fourth-order valence-corrected chi connectivity index (χ4v) is 2.50. The third kappa shape index (κ3) is 4.68. The highest BCUT2D eigenvalue weighted by Gasteiger charge is 2.06. The van der Waals surface area contributed by atoms with Crippen molar-refractivity contribution in [3.8, 4) is 11.5 Å². The summed E-state index contributed by atoms with van der Waals surface area (Å²) in [6.45, 7) is 2.48. The van der Waals surface area contributed by atoms with E-state index >= 15 is 0 Å². The molecule has 0 aliphatic rings. The maximum atomic E-state index is 11.7. The Bertz CT molecular complexity index is 1040. The lowest BCUT2D eigenvalue weighted by Crippen LogP contribution is -2.18. The van der Waals surface area contributed by atoms with E-state index in [0.29, 0.717) is 18.1 Å². The zero-order chi connectivity index (χ0) is 19.2. The van der Waals surface area contributed by atoms with Crippen LogP contribution in [0.1, 0.15) is 16.7 Å². The number of methoxy groups -OCH3 is 1. The quantitative estimate of drug-likeness (QED) is 0.523. The van der Waals surface area contributed by atoms with Gasteiger partial charge in [0.2, 0.25) is 4.77 Å². The first-order valence-corrected chi connectivity index (χ1v) is 8.55. The summed E-state index contributed by atoms with van der Waals surface area (Å²) in [5.74, 6) is 1.19. The van der Waals surface area contributed by atoms with E-state index in [-0.39, 0.29) is 4.77 Å². The van der Waals surface area contributed by atoms with Crippen LogP contribution >= 0.6 is 12.2 Å². The second kappa shape index (κ2) is 8.41. The zero-order valence-corrected chi connectivity index (χ0v) is 15.7. The Morgan fingerprint density at radius 1 is 1.22 bits per heavy atom. The largest absolute Gasteiger partial charge is 0.493 e. The van der Waals surface area contributed by atoms with Crippen molar-refractivity contribution in [3.63, 3.8) is 0 Å². The van der Waals surface area contributed by atoms with Gasteiger partial charge in [-0.05, 0) is 48.5 Å². The lowest BCUT2D eigenvalue weighted by Gasteiger charge is -2.11. The minimum atomic E-state index is -0.417. The molecule has 0 unspecified atom stereocenters. The lowest BCUT2D eigenvalue weighted by molar-refractivity contribution is 0.284. The molecule has 1 heterocycles. The molecule has 0 aliphatic carbocycles. The van der Waals surface area contributed by atoms with Gasteiger partial charge >= 0.3 is 0 Å². The summed E-state index contributed by atoms with van der Waals surface area (Å²) >= 11 is 5.00. The van der Waals surface area contributed by atoms with Crippen LogP contribution in [0.5, 0.6) is 11.5 Å². The fraction of sp³-hybridized carbons (Fsp3) is 0.158. The van der Waals surface area contributed by atoms with E-state index in [9.17, 15) is 4.79 Å². The zero-order valence-electron chi connectivity index (χ0n) is 14.9. The van der Waals surface area contributed by atoms with Crippen LogP contribution in [0, 0.1) is 11.7 Å². The summed E-state index contributed by atoms with van der Waals surface area (Å²) in [5.41, 5.74) is 2.58. The molecule has 7 nitrogen and oxygen atoms in total. The third-order valence-corrected chi connectivity index (χ3v) is 4.03. The first kappa shape index (κ1) is 18.5. The van der Waals surface area contributed by atoms with Gasteiger partial charge in [0.15, 0.2) is 11.5 Å². The van der Waals surface area contributed by atoms with Gasteiger partial charge in [0.25, 0.3) is 5.56 Å². The van der Waals surface area contributed by atoms with Crippen molar-refractivity contribution >= 4 is 18.4 Å². The van der Waals surface area contributed by atoms with Gasteiger partial charge in [0.05, 0.1) is 13.3 Å². The monoisotopic (exact) mass is 382 g/mol. The Morgan fingerprint density at radius 3 is 2.70 bits per heavy atom. The first-order chi connectivity index (χ1) is 13.1. The van der Waals surface area contributed by atoms with Crippen molar-refractivity contribution in [1.29, 1.82) is 0 Å². The van der Waals surface area contributed by atoms with E-state index in [1.807, 2.05) is 37.3 Å². The number of aromatic amines is 1. The average Bonchev–Trinajstić information content (AvgIpc) is 2.67. The molecule has 0 aliphatic heterocycles. The number of benzene rings is 2. The average molecular weight is 382 g/mol. The number of nitrogens with zero attached hydrogens (tertiary/aromatic N) is 3. The molecular weight excluding hydrogens is 364 g/mol. The SMILES string of the molecule is COc1cc(/C=N\n2c(=O)cn[nH]c2=S)ccc1OCc1ccc(C)cc1. The van der Waals surface area contributed by atoms with E-state index in [1.165, 1.54) is 11.8 Å². The molecule has 2 aromatic carbocycles. The normalized spacial score (nSPS) is 10.9. The molecule has 0 saturated carbocycles. The van der Waals surface area contributed by atoms with Gasteiger partial charge in [-0.3, -0.25) is 9.89 Å². The summed E-state index contributed by atoms with van der Waals surface area (Å²) in [4.78, 5) is 11.7. The van der Waals surface area contributed by atoms with E-state index in [1.54, 1.807) is 19.2 Å². The van der Waals surface area contributed by atoms with Gasteiger partial charge in [-0.15, -0.1) is 0 Å². The Balaban J connectivity index is 1.77. The molecule has 0 fully saturated rings. The van der Waals surface area contributed by atoms with E-state index in [2.05, 4.69) is 15.3 Å². The second-order valence-electron chi connectivity index (χ2n) is 5.75. The van der Waals surface area contributed by atoms with Crippen LogP contribution in [0.3, 0.4) is 0 Å². The molecule has 3 rings (SSSR count). The van der Waals surface area contributed by atoms with Gasteiger partial charge in [0.1, 0.15) is 12.8 Å². The number of H-pyrrole nitrogens is 1. The van der Waals surface area contributed by atoms with Crippen molar-refractivity contribution in [2.75, 3.05) is 7.11 Å². The molecule has 0 amide bonds. The minimum absolute atomic E-state index is 0.115. The number of ether oxygens (including phenoxy) is 2. The Hall–Kier alpha value is -3.26. The van der Waals surface area contributed by atoms with E-state index in [0.717, 1.165) is 22.0 Å². The predicted molar refractivity (Wildman–Crippen MR) is 105 cm³/mol. The van der Waals surface area contributed by atoms with Gasteiger partial charge < -0.3 is 9.47 Å². The summed E-state index contributed by atoms with van der Waals surface area (Å²) in [6, 6.07) is 13.5. The van der Waals surface area contributed by atoms with Gasteiger partial charge in [-0.1, -0.05) is 29.8 Å². The van der Waals surface area contributed by atoms with Gasteiger partial charge in [-0.25, -0.2) is 0 Å². The number of nitrogens with one attached hydrogen (secondary N) is 1. The summed E-state index contributed by atoms with van der Waals surface area (Å²) < 4.78 is 12.4.